The average molecular weight is 449 g/mol. The molecule has 3 aromatic rings. The highest BCUT2D eigenvalue weighted by Gasteiger charge is 2.14. The number of para-hydroxylation sites is 1. The van der Waals surface area contributed by atoms with Gasteiger partial charge in [-0.15, -0.1) is 0 Å². The Labute approximate surface area is 171 Å². The number of hydrogen-bond acceptors (Lipinski definition) is 5. The molecule has 1 aromatic heterocycles. The molecule has 0 fully saturated rings. The Morgan fingerprint density at radius 1 is 1.22 bits per heavy atom. The maximum atomic E-state index is 5.85. The standard InChI is InChI=1S/C19H21BrN4O2S/c1-3-10-26-16-9-8-14(20)11-13(16)12-21-24-18(22-23-19(24)27)15-6-4-5-7-17(15)25-2/h4-9,11,21H,3,10,12H2,1-2H3,(H,23,27). The van der Waals surface area contributed by atoms with Gasteiger partial charge in [0.15, 0.2) is 5.82 Å². The van der Waals surface area contributed by atoms with Gasteiger partial charge in [-0.2, -0.15) is 5.10 Å². The Hall–Kier alpha value is -2.32. The van der Waals surface area contributed by atoms with Gasteiger partial charge in [0, 0.05) is 10.0 Å². The summed E-state index contributed by atoms with van der Waals surface area (Å²) in [6.45, 7) is 3.28. The van der Waals surface area contributed by atoms with Gasteiger partial charge in [-0.25, -0.2) is 9.77 Å². The van der Waals surface area contributed by atoms with E-state index in [9.17, 15) is 0 Å². The summed E-state index contributed by atoms with van der Waals surface area (Å²) in [6, 6.07) is 13.7. The number of hydrogen-bond donors (Lipinski definition) is 2. The third-order valence-electron chi connectivity index (χ3n) is 3.93. The van der Waals surface area contributed by atoms with Crippen LogP contribution in [0.5, 0.6) is 11.5 Å². The minimum atomic E-state index is 0.474. The Kier molecular flexibility index (Phi) is 6.52. The molecule has 0 bridgehead atoms. The summed E-state index contributed by atoms with van der Waals surface area (Å²) in [6.07, 6.45) is 0.952. The molecular formula is C19H21BrN4O2S. The number of benzene rings is 2. The molecule has 0 saturated carbocycles. The van der Waals surface area contributed by atoms with Gasteiger partial charge >= 0.3 is 0 Å². The number of H-pyrrole nitrogens is 1. The molecule has 2 aromatic carbocycles. The lowest BCUT2D eigenvalue weighted by atomic mass is 10.2. The smallest absolute Gasteiger partial charge is 0.214 e. The highest BCUT2D eigenvalue weighted by Crippen LogP contribution is 2.28. The molecule has 0 amide bonds. The highest BCUT2D eigenvalue weighted by atomic mass is 79.9. The van der Waals surface area contributed by atoms with E-state index in [1.54, 1.807) is 11.8 Å². The number of nitrogens with one attached hydrogen (secondary N) is 2. The molecule has 0 aliphatic carbocycles. The minimum absolute atomic E-state index is 0.474. The van der Waals surface area contributed by atoms with E-state index in [1.165, 1.54) is 0 Å². The van der Waals surface area contributed by atoms with Crippen LogP contribution in [0.1, 0.15) is 18.9 Å². The van der Waals surface area contributed by atoms with Gasteiger partial charge in [0.1, 0.15) is 11.5 Å². The molecule has 2 N–H and O–H groups in total. The van der Waals surface area contributed by atoms with Gasteiger partial charge < -0.3 is 14.9 Å². The van der Waals surface area contributed by atoms with Crippen LogP contribution in [-0.2, 0) is 6.54 Å². The van der Waals surface area contributed by atoms with E-state index < -0.39 is 0 Å². The van der Waals surface area contributed by atoms with Crippen molar-refractivity contribution < 1.29 is 9.47 Å². The number of aromatic nitrogens is 3. The van der Waals surface area contributed by atoms with Crippen LogP contribution in [0, 0.1) is 4.77 Å². The summed E-state index contributed by atoms with van der Waals surface area (Å²) in [4.78, 5) is 0. The van der Waals surface area contributed by atoms with Crippen molar-refractivity contribution in [1.82, 2.24) is 14.9 Å². The number of ether oxygens (including phenoxy) is 2. The maximum Gasteiger partial charge on any atom is 0.214 e. The molecule has 6 nitrogen and oxygen atoms in total. The number of rotatable bonds is 8. The fourth-order valence-electron chi connectivity index (χ4n) is 2.66. The van der Waals surface area contributed by atoms with E-state index in [2.05, 4.69) is 38.5 Å². The van der Waals surface area contributed by atoms with Crippen LogP contribution >= 0.6 is 28.1 Å². The second-order valence-corrected chi connectivity index (χ2v) is 7.13. The third kappa shape index (κ3) is 4.51. The molecule has 0 spiro atoms. The van der Waals surface area contributed by atoms with Gasteiger partial charge in [0.05, 0.1) is 25.8 Å². The predicted octanol–water partition coefficient (Wildman–Crippen LogP) is 4.91. The number of halogens is 1. The van der Waals surface area contributed by atoms with Crippen molar-refractivity contribution in [3.63, 3.8) is 0 Å². The molecule has 142 valence electrons. The Morgan fingerprint density at radius 2 is 2.04 bits per heavy atom. The van der Waals surface area contributed by atoms with E-state index in [1.807, 2.05) is 42.5 Å². The van der Waals surface area contributed by atoms with Crippen LogP contribution in [0.3, 0.4) is 0 Å². The van der Waals surface area contributed by atoms with Crippen LogP contribution < -0.4 is 14.9 Å². The zero-order valence-corrected chi connectivity index (χ0v) is 17.6. The molecule has 27 heavy (non-hydrogen) atoms. The Balaban J connectivity index is 1.89. The second kappa shape index (κ2) is 9.05. The van der Waals surface area contributed by atoms with E-state index in [-0.39, 0.29) is 0 Å². The lowest BCUT2D eigenvalue weighted by Crippen LogP contribution is -2.17. The first-order valence-electron chi connectivity index (χ1n) is 8.60. The molecule has 8 heteroatoms. The molecule has 0 aliphatic heterocycles. The molecule has 1 heterocycles. The first kappa shape index (κ1) is 19.4. The van der Waals surface area contributed by atoms with Crippen molar-refractivity contribution in [2.24, 2.45) is 0 Å². The van der Waals surface area contributed by atoms with Crippen LogP contribution in [0.15, 0.2) is 46.9 Å². The quantitative estimate of drug-likeness (QED) is 0.479. The van der Waals surface area contributed by atoms with E-state index in [4.69, 9.17) is 21.7 Å². The monoisotopic (exact) mass is 448 g/mol. The first-order chi connectivity index (χ1) is 13.1. The summed E-state index contributed by atoms with van der Waals surface area (Å²) in [5.74, 6) is 2.23. The SMILES string of the molecule is CCCOc1ccc(Br)cc1CNn1c(-c2ccccc2OC)n[nH]c1=S. The van der Waals surface area contributed by atoms with Gasteiger partial charge in [-0.1, -0.05) is 35.0 Å². The largest absolute Gasteiger partial charge is 0.496 e. The summed E-state index contributed by atoms with van der Waals surface area (Å²) in [7, 11) is 1.64. The van der Waals surface area contributed by atoms with E-state index >= 15 is 0 Å². The zero-order valence-electron chi connectivity index (χ0n) is 15.2. The van der Waals surface area contributed by atoms with Crippen molar-refractivity contribution in [3.8, 4) is 22.9 Å². The van der Waals surface area contributed by atoms with Crippen molar-refractivity contribution in [2.45, 2.75) is 19.9 Å². The first-order valence-corrected chi connectivity index (χ1v) is 9.80. The summed E-state index contributed by atoms with van der Waals surface area (Å²) in [5, 5.41) is 7.20. The normalized spacial score (nSPS) is 10.6. The van der Waals surface area contributed by atoms with E-state index in [0.717, 1.165) is 33.5 Å². The molecule has 0 aliphatic rings. The average Bonchev–Trinajstić information content (AvgIpc) is 3.05. The number of aromatic amines is 1. The highest BCUT2D eigenvalue weighted by molar-refractivity contribution is 9.10. The topological polar surface area (TPSA) is 64.1 Å². The zero-order chi connectivity index (χ0) is 19.2. The maximum absolute atomic E-state index is 5.85. The summed E-state index contributed by atoms with van der Waals surface area (Å²) >= 11 is 8.92. The van der Waals surface area contributed by atoms with Crippen molar-refractivity contribution in [3.05, 3.63) is 57.3 Å². The van der Waals surface area contributed by atoms with E-state index in [0.29, 0.717) is 23.7 Å². The predicted molar refractivity (Wildman–Crippen MR) is 112 cm³/mol. The summed E-state index contributed by atoms with van der Waals surface area (Å²) < 4.78 is 14.5. The van der Waals surface area contributed by atoms with Gasteiger partial charge in [-0.05, 0) is 49.0 Å². The third-order valence-corrected chi connectivity index (χ3v) is 4.70. The Morgan fingerprint density at radius 3 is 2.81 bits per heavy atom. The van der Waals surface area contributed by atoms with Gasteiger partial charge in [0.25, 0.3) is 0 Å². The fraction of sp³-hybridized carbons (Fsp3) is 0.263. The van der Waals surface area contributed by atoms with Crippen molar-refractivity contribution >= 4 is 28.1 Å². The molecule has 0 radical (unpaired) electrons. The molecular weight excluding hydrogens is 428 g/mol. The number of methoxy groups -OCH3 is 1. The van der Waals surface area contributed by atoms with Crippen LogP contribution in [0.2, 0.25) is 0 Å². The summed E-state index contributed by atoms with van der Waals surface area (Å²) in [5.41, 5.74) is 5.20. The van der Waals surface area contributed by atoms with Gasteiger partial charge in [0.2, 0.25) is 4.77 Å². The van der Waals surface area contributed by atoms with Crippen molar-refractivity contribution in [2.75, 3.05) is 19.1 Å². The lowest BCUT2D eigenvalue weighted by Gasteiger charge is -2.15. The molecule has 0 atom stereocenters. The van der Waals surface area contributed by atoms with Crippen LogP contribution in [-0.4, -0.2) is 28.6 Å². The minimum Gasteiger partial charge on any atom is -0.496 e. The lowest BCUT2D eigenvalue weighted by molar-refractivity contribution is 0.314. The molecule has 3 rings (SSSR count). The van der Waals surface area contributed by atoms with Gasteiger partial charge in [-0.3, -0.25) is 0 Å². The number of nitrogens with zero attached hydrogens (tertiary/aromatic N) is 2. The Bertz CT molecular complexity index is 970. The second-order valence-electron chi connectivity index (χ2n) is 5.82. The van der Waals surface area contributed by atoms with Crippen LogP contribution in [0.4, 0.5) is 0 Å². The fourth-order valence-corrected chi connectivity index (χ4v) is 3.26. The molecule has 0 unspecified atom stereocenters. The van der Waals surface area contributed by atoms with Crippen molar-refractivity contribution in [1.29, 1.82) is 0 Å². The van der Waals surface area contributed by atoms with Crippen LogP contribution in [0.25, 0.3) is 11.4 Å². The molecule has 0 saturated heterocycles.